The maximum Gasteiger partial charge on any atom is 0.455 e. The summed E-state index contributed by atoms with van der Waals surface area (Å²) in [5.41, 5.74) is 3.70. The Kier molecular flexibility index (Phi) is 11.3. The van der Waals surface area contributed by atoms with Crippen LogP contribution in [0.5, 0.6) is 5.75 Å². The summed E-state index contributed by atoms with van der Waals surface area (Å²) in [5, 5.41) is 11.4. The summed E-state index contributed by atoms with van der Waals surface area (Å²) in [5.74, 6) is -5.30. The van der Waals surface area contributed by atoms with E-state index in [9.17, 15) is 36.2 Å². The summed E-state index contributed by atoms with van der Waals surface area (Å²) in [4.78, 5) is 20.8. The van der Waals surface area contributed by atoms with Crippen LogP contribution < -0.4 is 4.74 Å². The molecule has 0 amide bonds. The molecule has 0 spiro atoms. The van der Waals surface area contributed by atoms with E-state index in [-0.39, 0.29) is 39.3 Å². The predicted molar refractivity (Wildman–Crippen MR) is 159 cm³/mol. The van der Waals surface area contributed by atoms with Gasteiger partial charge in [0.25, 0.3) is 5.78 Å². The maximum absolute atomic E-state index is 12.7. The Morgan fingerprint density at radius 3 is 2.30 bits per heavy atom. The van der Waals surface area contributed by atoms with Crippen LogP contribution in [0.3, 0.4) is 0 Å². The smallest absolute Gasteiger partial charge is 0.455 e. The van der Waals surface area contributed by atoms with Crippen molar-refractivity contribution in [2.45, 2.75) is 53.4 Å². The Morgan fingerprint density at radius 2 is 1.67 bits per heavy atom. The molecule has 46 heavy (non-hydrogen) atoms. The minimum Gasteiger partial charge on any atom is -0.504 e. The molecule has 248 valence electrons. The molecular weight excluding hydrogens is 795 g/mol. The molecule has 5 rings (SSSR count). The summed E-state index contributed by atoms with van der Waals surface area (Å²) >= 11 is 0. The van der Waals surface area contributed by atoms with Crippen LogP contribution in [0.1, 0.15) is 42.8 Å². The first-order chi connectivity index (χ1) is 21.0. The normalized spacial score (nSPS) is 13.1. The maximum atomic E-state index is 12.7. The van der Waals surface area contributed by atoms with Crippen LogP contribution in [-0.4, -0.2) is 44.2 Å². The van der Waals surface area contributed by atoms with Crippen molar-refractivity contribution in [2.75, 3.05) is 6.61 Å². The number of nitrogens with zero attached hydrogens (tertiary/aromatic N) is 3. The minimum absolute atomic E-state index is 0. The standard InChI is InChI=1S/C17H14N3.C16H16F6O3.Pt/c1-10-5-4-6-14-15(10)16-13(8-7-11(2)18-16)17-19-12(3)9-20(14)17;1-3-9(2)8-25-11-6-4-5-10(7-11)12(13(23)15(17,18)19)14(24)16(20,21)22;/h4-7,9H,1-3H3;4-7,9,23H,3,8H2,1-2H3;/q-1;;/b;13-12-;. The summed E-state index contributed by atoms with van der Waals surface area (Å²) < 4.78 is 83.4. The second-order valence-electron chi connectivity index (χ2n) is 10.7. The zero-order valence-electron chi connectivity index (χ0n) is 25.4. The second kappa shape index (κ2) is 14.2. The first-order valence-corrected chi connectivity index (χ1v) is 13.9. The number of aliphatic hydroxyl groups is 1. The number of halogens is 6. The zero-order chi connectivity index (χ0) is 33.3. The van der Waals surface area contributed by atoms with Gasteiger partial charge in [0.2, 0.25) is 5.76 Å². The van der Waals surface area contributed by atoms with Crippen molar-refractivity contribution in [3.8, 4) is 5.75 Å². The van der Waals surface area contributed by atoms with Gasteiger partial charge in [-0.25, -0.2) is 0 Å². The summed E-state index contributed by atoms with van der Waals surface area (Å²) in [7, 11) is 0. The van der Waals surface area contributed by atoms with Gasteiger partial charge in [0.15, 0.2) is 0 Å². The van der Waals surface area contributed by atoms with Crippen molar-refractivity contribution in [1.82, 2.24) is 14.4 Å². The molecule has 3 aromatic heterocycles. The van der Waals surface area contributed by atoms with Crippen LogP contribution in [0.4, 0.5) is 26.3 Å². The molecule has 0 aliphatic rings. The number of aliphatic hydroxyl groups excluding tert-OH is 1. The van der Waals surface area contributed by atoms with E-state index in [0.717, 1.165) is 58.1 Å². The number of ketones is 1. The zero-order valence-corrected chi connectivity index (χ0v) is 27.6. The van der Waals surface area contributed by atoms with Crippen LogP contribution in [0.15, 0.2) is 60.5 Å². The summed E-state index contributed by atoms with van der Waals surface area (Å²) in [6.45, 7) is 10.1. The van der Waals surface area contributed by atoms with E-state index in [0.29, 0.717) is 0 Å². The molecule has 1 atom stereocenters. The minimum atomic E-state index is -5.58. The topological polar surface area (TPSA) is 76.7 Å². The number of ether oxygens (including phenoxy) is 1. The number of fused-ring (bicyclic) bond motifs is 6. The van der Waals surface area contributed by atoms with Crippen LogP contribution in [0.25, 0.3) is 33.0 Å². The van der Waals surface area contributed by atoms with Gasteiger partial charge in [-0.05, 0) is 65.7 Å². The van der Waals surface area contributed by atoms with Gasteiger partial charge in [0.1, 0.15) is 5.75 Å². The number of aryl methyl sites for hydroxylation is 3. The molecule has 13 heteroatoms. The third-order valence-corrected chi connectivity index (χ3v) is 7.09. The predicted octanol–water partition coefficient (Wildman–Crippen LogP) is 8.83. The number of alkyl halides is 6. The number of carbonyl (C=O) groups is 1. The van der Waals surface area contributed by atoms with Gasteiger partial charge in [-0.2, -0.15) is 26.3 Å². The van der Waals surface area contributed by atoms with E-state index in [2.05, 4.69) is 46.8 Å². The molecule has 0 aliphatic carbocycles. The molecule has 1 N–H and O–H groups in total. The number of carbonyl (C=O) groups excluding carboxylic acids is 1. The molecule has 0 bridgehead atoms. The van der Waals surface area contributed by atoms with Gasteiger partial charge in [-0.1, -0.05) is 56.8 Å². The van der Waals surface area contributed by atoms with Crippen molar-refractivity contribution in [1.29, 1.82) is 0 Å². The number of imidazole rings is 1. The van der Waals surface area contributed by atoms with E-state index >= 15 is 0 Å². The molecule has 2 aromatic carbocycles. The molecule has 3 heterocycles. The van der Waals surface area contributed by atoms with E-state index in [4.69, 9.17) is 9.72 Å². The fraction of sp³-hybridized carbons (Fsp3) is 0.303. The summed E-state index contributed by atoms with van der Waals surface area (Å²) in [6, 6.07) is 15.8. The van der Waals surface area contributed by atoms with Gasteiger partial charge < -0.3 is 19.2 Å². The van der Waals surface area contributed by atoms with Crippen molar-refractivity contribution in [3.05, 3.63) is 89.1 Å². The van der Waals surface area contributed by atoms with Gasteiger partial charge in [0, 0.05) is 38.5 Å². The third-order valence-electron chi connectivity index (χ3n) is 7.09. The molecule has 0 fully saturated rings. The van der Waals surface area contributed by atoms with Gasteiger partial charge in [-0.15, -0.1) is 12.1 Å². The average molecular weight is 826 g/mol. The van der Waals surface area contributed by atoms with E-state index in [1.165, 1.54) is 17.0 Å². The average Bonchev–Trinajstić information content (AvgIpc) is 3.37. The van der Waals surface area contributed by atoms with Crippen molar-refractivity contribution in [2.24, 2.45) is 5.92 Å². The monoisotopic (exact) mass is 825 g/mol. The summed E-state index contributed by atoms with van der Waals surface area (Å²) in [6.07, 6.45) is -8.26. The van der Waals surface area contributed by atoms with Crippen molar-refractivity contribution < 1.29 is 62.0 Å². The first-order valence-electron chi connectivity index (χ1n) is 13.9. The van der Waals surface area contributed by atoms with Crippen LogP contribution in [0.2, 0.25) is 0 Å². The first kappa shape index (κ1) is 36.5. The van der Waals surface area contributed by atoms with Crippen LogP contribution in [0, 0.1) is 32.8 Å². The SMILES string of the molecule is CCC(C)COc1cccc(/C(C(=O)C(F)(F)F)=C(/O)C(F)(F)F)c1.Cc1c[c-]c2c(n1)c1c(C)cccc1n1cc(C)nc21.[Pt]. The van der Waals surface area contributed by atoms with Gasteiger partial charge >= 0.3 is 12.4 Å². The third kappa shape index (κ3) is 7.89. The van der Waals surface area contributed by atoms with Crippen LogP contribution in [-0.2, 0) is 25.9 Å². The van der Waals surface area contributed by atoms with E-state index < -0.39 is 35.0 Å². The molecule has 0 radical (unpaired) electrons. The Bertz CT molecular complexity index is 1910. The fourth-order valence-electron chi connectivity index (χ4n) is 4.64. The number of benzene rings is 2. The fourth-order valence-corrected chi connectivity index (χ4v) is 4.64. The molecule has 0 saturated carbocycles. The number of hydrogen-bond acceptors (Lipinski definition) is 5. The molecule has 1 unspecified atom stereocenters. The van der Waals surface area contributed by atoms with Crippen LogP contribution >= 0.6 is 0 Å². The van der Waals surface area contributed by atoms with Crippen molar-refractivity contribution >= 4 is 38.8 Å². The number of Topliss-reactive ketones (excluding diaryl/α,β-unsaturated/α-hetero) is 1. The van der Waals surface area contributed by atoms with Gasteiger partial charge in [-0.3, -0.25) is 9.78 Å². The number of aromatic nitrogens is 3. The number of rotatable bonds is 6. The Labute approximate surface area is 275 Å². The second-order valence-corrected chi connectivity index (χ2v) is 10.7. The van der Waals surface area contributed by atoms with Gasteiger partial charge in [0.05, 0.1) is 17.8 Å². The number of pyridine rings is 2. The number of hydrogen-bond donors (Lipinski definition) is 1. The van der Waals surface area contributed by atoms with E-state index in [1.54, 1.807) is 0 Å². The Morgan fingerprint density at radius 1 is 1.00 bits per heavy atom. The quantitative estimate of drug-likeness (QED) is 0.0610. The molecular formula is C33H30F6N3O3Pt-. The molecule has 0 saturated heterocycles. The number of allylic oxidation sites excluding steroid dienone is 2. The Hall–Kier alpha value is -3.92. The molecule has 0 aliphatic heterocycles. The molecule has 6 nitrogen and oxygen atoms in total. The largest absolute Gasteiger partial charge is 0.504 e. The Balaban J connectivity index is 0.000000249. The molecule has 5 aromatic rings. The van der Waals surface area contributed by atoms with E-state index in [1.807, 2.05) is 33.8 Å². The van der Waals surface area contributed by atoms with Crippen molar-refractivity contribution in [3.63, 3.8) is 0 Å².